The molecule has 0 aromatic carbocycles. The van der Waals surface area contributed by atoms with Crippen molar-refractivity contribution in [3.63, 3.8) is 0 Å². The van der Waals surface area contributed by atoms with Crippen LogP contribution in [-0.2, 0) is 0 Å². The van der Waals surface area contributed by atoms with Gasteiger partial charge in [0.25, 0.3) is 0 Å². The van der Waals surface area contributed by atoms with Crippen LogP contribution in [0.2, 0.25) is 0 Å². The molecule has 0 N–H and O–H groups in total. The van der Waals surface area contributed by atoms with Gasteiger partial charge in [-0.3, -0.25) is 0 Å². The highest BCUT2D eigenvalue weighted by atomic mass is 13.9. The summed E-state index contributed by atoms with van der Waals surface area (Å²) in [5.74, 6) is 7.25. The lowest BCUT2D eigenvalue weighted by Gasteiger charge is -1.96. The molecule has 0 bridgehead atoms. The van der Waals surface area contributed by atoms with Crippen LogP contribution in [0, 0.1) is 17.8 Å². The molecule has 0 aromatic rings. The molecule has 0 unspecified atom stereocenters. The van der Waals surface area contributed by atoms with Crippen molar-refractivity contribution < 1.29 is 0 Å². The average Bonchev–Trinajstić information content (AvgIpc) is 2.02. The minimum atomic E-state index is 0.801. The van der Waals surface area contributed by atoms with Crippen LogP contribution >= 0.6 is 0 Å². The van der Waals surface area contributed by atoms with Crippen molar-refractivity contribution in [2.45, 2.75) is 59.3 Å². The second-order valence-electron chi connectivity index (χ2n) is 3.74. The van der Waals surface area contributed by atoms with E-state index in [4.69, 9.17) is 0 Å². The van der Waals surface area contributed by atoms with Gasteiger partial charge in [-0.1, -0.05) is 33.6 Å². The van der Waals surface area contributed by atoms with Gasteiger partial charge in [-0.25, -0.2) is 0 Å². The van der Waals surface area contributed by atoms with Crippen molar-refractivity contribution in [3.8, 4) is 11.8 Å². The van der Waals surface area contributed by atoms with Crippen molar-refractivity contribution >= 4 is 0 Å². The van der Waals surface area contributed by atoms with Gasteiger partial charge in [0.2, 0.25) is 0 Å². The van der Waals surface area contributed by atoms with Gasteiger partial charge in [-0.2, -0.15) is 0 Å². The molecule has 0 atom stereocenters. The Morgan fingerprint density at radius 2 is 1.67 bits per heavy atom. The van der Waals surface area contributed by atoms with Crippen molar-refractivity contribution in [3.05, 3.63) is 0 Å². The molecule has 0 heterocycles. The smallest absolute Gasteiger partial charge is 0.00911 e. The Kier molecular flexibility index (Phi) is 8.34. The Morgan fingerprint density at radius 3 is 2.25 bits per heavy atom. The highest BCUT2D eigenvalue weighted by Crippen LogP contribution is 2.02. The minimum absolute atomic E-state index is 0.801. The minimum Gasteiger partial charge on any atom is -0.103 e. The maximum Gasteiger partial charge on any atom is 0.00911 e. The van der Waals surface area contributed by atoms with E-state index in [1.165, 1.54) is 25.7 Å². The molecular weight excluding hydrogens is 144 g/mol. The van der Waals surface area contributed by atoms with Crippen LogP contribution in [0.1, 0.15) is 59.3 Å². The van der Waals surface area contributed by atoms with E-state index in [0.29, 0.717) is 0 Å². The van der Waals surface area contributed by atoms with E-state index in [9.17, 15) is 0 Å². The fourth-order valence-corrected chi connectivity index (χ4v) is 1.00. The third kappa shape index (κ3) is 9.56. The van der Waals surface area contributed by atoms with Crippen LogP contribution in [0.5, 0.6) is 0 Å². The first kappa shape index (κ1) is 11.6. The lowest BCUT2D eigenvalue weighted by Crippen LogP contribution is -1.83. The molecule has 0 saturated carbocycles. The molecule has 0 rings (SSSR count). The third-order valence-corrected chi connectivity index (χ3v) is 1.88. The van der Waals surface area contributed by atoms with Gasteiger partial charge >= 0.3 is 0 Å². The summed E-state index contributed by atoms with van der Waals surface area (Å²) in [5, 5.41) is 0. The summed E-state index contributed by atoms with van der Waals surface area (Å²) in [6, 6.07) is 0. The van der Waals surface area contributed by atoms with Crippen molar-refractivity contribution in [2.75, 3.05) is 0 Å². The third-order valence-electron chi connectivity index (χ3n) is 1.88. The zero-order valence-electron chi connectivity index (χ0n) is 8.82. The Hall–Kier alpha value is -0.440. The maximum atomic E-state index is 3.23. The molecule has 70 valence electrons. The predicted molar refractivity (Wildman–Crippen MR) is 56.0 cm³/mol. The second kappa shape index (κ2) is 8.65. The molecule has 0 heteroatoms. The normalized spacial score (nSPS) is 9.67. The van der Waals surface area contributed by atoms with Gasteiger partial charge in [-0.15, -0.1) is 11.8 Å². The van der Waals surface area contributed by atoms with Gasteiger partial charge in [0.05, 0.1) is 0 Å². The first-order valence-corrected chi connectivity index (χ1v) is 5.23. The molecule has 0 radical (unpaired) electrons. The van der Waals surface area contributed by atoms with E-state index in [0.717, 1.165) is 18.8 Å². The standard InChI is InChI=1S/C12H22/c1-4-5-6-7-8-9-10-11-12(2)3/h12H,4-7,10-11H2,1-3H3. The van der Waals surface area contributed by atoms with Crippen molar-refractivity contribution in [1.82, 2.24) is 0 Å². The lowest BCUT2D eigenvalue weighted by molar-refractivity contribution is 0.599. The molecule has 0 aromatic heterocycles. The molecule has 0 aliphatic rings. The fraction of sp³-hybridized carbons (Fsp3) is 0.833. The molecule has 12 heavy (non-hydrogen) atoms. The van der Waals surface area contributed by atoms with Crippen molar-refractivity contribution in [2.24, 2.45) is 5.92 Å². The van der Waals surface area contributed by atoms with Gasteiger partial charge in [0, 0.05) is 12.8 Å². The van der Waals surface area contributed by atoms with Gasteiger partial charge < -0.3 is 0 Å². The monoisotopic (exact) mass is 166 g/mol. The summed E-state index contributed by atoms with van der Waals surface area (Å²) in [6.07, 6.45) is 7.36. The molecule has 0 fully saturated rings. The van der Waals surface area contributed by atoms with Crippen molar-refractivity contribution in [1.29, 1.82) is 0 Å². The SMILES string of the molecule is CCCCCC#CCCC(C)C. The maximum absolute atomic E-state index is 3.23. The van der Waals surface area contributed by atoms with Gasteiger partial charge in [0.1, 0.15) is 0 Å². The molecule has 0 aliphatic carbocycles. The summed E-state index contributed by atoms with van der Waals surface area (Å²) in [6.45, 7) is 6.73. The first-order chi connectivity index (χ1) is 5.77. The Labute approximate surface area is 77.8 Å². The number of hydrogen-bond donors (Lipinski definition) is 0. The van der Waals surface area contributed by atoms with Crippen LogP contribution in [0.4, 0.5) is 0 Å². The lowest BCUT2D eigenvalue weighted by atomic mass is 10.1. The van der Waals surface area contributed by atoms with Crippen LogP contribution in [-0.4, -0.2) is 0 Å². The van der Waals surface area contributed by atoms with Crippen LogP contribution < -0.4 is 0 Å². The molecule has 0 aliphatic heterocycles. The zero-order valence-corrected chi connectivity index (χ0v) is 8.82. The van der Waals surface area contributed by atoms with Crippen LogP contribution in [0.25, 0.3) is 0 Å². The highest BCUT2D eigenvalue weighted by Gasteiger charge is 1.88. The second-order valence-corrected chi connectivity index (χ2v) is 3.74. The molecule has 0 nitrogen and oxygen atoms in total. The Bertz CT molecular complexity index is 134. The number of hydrogen-bond acceptors (Lipinski definition) is 0. The Morgan fingerprint density at radius 1 is 1.00 bits per heavy atom. The summed E-state index contributed by atoms with van der Waals surface area (Å²) >= 11 is 0. The molecule has 0 saturated heterocycles. The fourth-order valence-electron chi connectivity index (χ4n) is 1.00. The van der Waals surface area contributed by atoms with E-state index >= 15 is 0 Å². The van der Waals surface area contributed by atoms with E-state index in [2.05, 4.69) is 32.6 Å². The molecular formula is C12H22. The number of unbranched alkanes of at least 4 members (excludes halogenated alkanes) is 3. The van der Waals surface area contributed by atoms with E-state index in [-0.39, 0.29) is 0 Å². The zero-order chi connectivity index (χ0) is 9.23. The predicted octanol–water partition coefficient (Wildman–Crippen LogP) is 4.01. The quantitative estimate of drug-likeness (QED) is 0.427. The molecule has 0 spiro atoms. The summed E-state index contributed by atoms with van der Waals surface area (Å²) in [7, 11) is 0. The first-order valence-electron chi connectivity index (χ1n) is 5.23. The number of rotatable bonds is 5. The summed E-state index contributed by atoms with van der Waals surface area (Å²) in [4.78, 5) is 0. The van der Waals surface area contributed by atoms with Crippen LogP contribution in [0.15, 0.2) is 0 Å². The van der Waals surface area contributed by atoms with Crippen LogP contribution in [0.3, 0.4) is 0 Å². The average molecular weight is 166 g/mol. The van der Waals surface area contributed by atoms with E-state index < -0.39 is 0 Å². The molecule has 0 amide bonds. The summed E-state index contributed by atoms with van der Waals surface area (Å²) < 4.78 is 0. The van der Waals surface area contributed by atoms with Gasteiger partial charge in [-0.05, 0) is 18.8 Å². The largest absolute Gasteiger partial charge is 0.103 e. The Balaban J connectivity index is 3.12. The van der Waals surface area contributed by atoms with E-state index in [1.807, 2.05) is 0 Å². The topological polar surface area (TPSA) is 0 Å². The summed E-state index contributed by atoms with van der Waals surface area (Å²) in [5.41, 5.74) is 0. The highest BCUT2D eigenvalue weighted by molar-refractivity contribution is 4.98. The van der Waals surface area contributed by atoms with E-state index in [1.54, 1.807) is 0 Å². The van der Waals surface area contributed by atoms with Gasteiger partial charge in [0.15, 0.2) is 0 Å².